The summed E-state index contributed by atoms with van der Waals surface area (Å²) in [5.41, 5.74) is 1.45. The standard InChI is InChI=1S/C14H21NO.ClH/c1-2-6-14(13-7-4-3-5-8-13)15-9-11-16-12-10-15;/h3-5,7-8,14H,2,6,9-12H2,1H3;1H. The minimum absolute atomic E-state index is 0. The first-order chi connectivity index (χ1) is 7.92. The molecule has 0 bridgehead atoms. The monoisotopic (exact) mass is 255 g/mol. The first kappa shape index (κ1) is 14.5. The molecule has 1 aromatic carbocycles. The molecule has 2 nitrogen and oxygen atoms in total. The van der Waals surface area contributed by atoms with E-state index < -0.39 is 0 Å². The predicted molar refractivity (Wildman–Crippen MR) is 73.7 cm³/mol. The average Bonchev–Trinajstić information content (AvgIpc) is 2.38. The van der Waals surface area contributed by atoms with Gasteiger partial charge in [-0.05, 0) is 12.0 Å². The second-order valence-electron chi connectivity index (χ2n) is 4.36. The topological polar surface area (TPSA) is 12.5 Å². The summed E-state index contributed by atoms with van der Waals surface area (Å²) in [4.78, 5) is 2.56. The van der Waals surface area contributed by atoms with Crippen molar-refractivity contribution < 1.29 is 4.74 Å². The summed E-state index contributed by atoms with van der Waals surface area (Å²) in [5.74, 6) is 0. The Bertz CT molecular complexity index is 298. The number of nitrogens with zero attached hydrogens (tertiary/aromatic N) is 1. The second-order valence-corrected chi connectivity index (χ2v) is 4.36. The van der Waals surface area contributed by atoms with Crippen LogP contribution in [-0.2, 0) is 4.74 Å². The zero-order chi connectivity index (χ0) is 11.2. The molecule has 1 aliphatic rings. The molecule has 1 saturated heterocycles. The van der Waals surface area contributed by atoms with Gasteiger partial charge < -0.3 is 4.74 Å². The lowest BCUT2D eigenvalue weighted by Gasteiger charge is -2.34. The smallest absolute Gasteiger partial charge is 0.0594 e. The molecule has 96 valence electrons. The van der Waals surface area contributed by atoms with Crippen LogP contribution in [-0.4, -0.2) is 31.2 Å². The van der Waals surface area contributed by atoms with Crippen LogP contribution in [0, 0.1) is 0 Å². The van der Waals surface area contributed by atoms with E-state index in [4.69, 9.17) is 4.74 Å². The van der Waals surface area contributed by atoms with Gasteiger partial charge in [-0.3, -0.25) is 4.90 Å². The zero-order valence-electron chi connectivity index (χ0n) is 10.5. The Balaban J connectivity index is 0.00000144. The highest BCUT2D eigenvalue weighted by Gasteiger charge is 2.21. The van der Waals surface area contributed by atoms with Gasteiger partial charge in [0.2, 0.25) is 0 Å². The molecule has 1 fully saturated rings. The Morgan fingerprint density at radius 2 is 1.82 bits per heavy atom. The van der Waals surface area contributed by atoms with E-state index in [0.717, 1.165) is 26.3 Å². The molecule has 1 aliphatic heterocycles. The molecule has 2 rings (SSSR count). The Labute approximate surface area is 110 Å². The van der Waals surface area contributed by atoms with Crippen molar-refractivity contribution in [3.05, 3.63) is 35.9 Å². The average molecular weight is 256 g/mol. The minimum Gasteiger partial charge on any atom is -0.379 e. The normalized spacial score (nSPS) is 18.4. The Hall–Kier alpha value is -0.570. The van der Waals surface area contributed by atoms with Crippen LogP contribution in [0.2, 0.25) is 0 Å². The Kier molecular flexibility index (Phi) is 6.56. The van der Waals surface area contributed by atoms with Crippen molar-refractivity contribution in [3.8, 4) is 0 Å². The number of benzene rings is 1. The van der Waals surface area contributed by atoms with Gasteiger partial charge in [-0.1, -0.05) is 43.7 Å². The van der Waals surface area contributed by atoms with E-state index in [0.29, 0.717) is 6.04 Å². The SMILES string of the molecule is CCCC(c1ccccc1)N1CCOCC1.Cl. The number of hydrogen-bond acceptors (Lipinski definition) is 2. The Morgan fingerprint density at radius 1 is 1.18 bits per heavy atom. The van der Waals surface area contributed by atoms with Gasteiger partial charge in [-0.2, -0.15) is 0 Å². The van der Waals surface area contributed by atoms with Crippen molar-refractivity contribution in [2.24, 2.45) is 0 Å². The highest BCUT2D eigenvalue weighted by Crippen LogP contribution is 2.26. The van der Waals surface area contributed by atoms with Gasteiger partial charge in [0, 0.05) is 19.1 Å². The molecule has 0 spiro atoms. The first-order valence-corrected chi connectivity index (χ1v) is 6.28. The first-order valence-electron chi connectivity index (χ1n) is 6.28. The number of hydrogen-bond donors (Lipinski definition) is 0. The highest BCUT2D eigenvalue weighted by atomic mass is 35.5. The molecule has 0 aliphatic carbocycles. The van der Waals surface area contributed by atoms with E-state index in [1.807, 2.05) is 0 Å². The fourth-order valence-electron chi connectivity index (χ4n) is 2.40. The molecule has 1 atom stereocenters. The van der Waals surface area contributed by atoms with Crippen LogP contribution in [0.15, 0.2) is 30.3 Å². The number of morpholine rings is 1. The second kappa shape index (κ2) is 7.70. The lowest BCUT2D eigenvalue weighted by Crippen LogP contribution is -2.39. The van der Waals surface area contributed by atoms with Crippen LogP contribution in [0.5, 0.6) is 0 Å². The van der Waals surface area contributed by atoms with Crippen molar-refractivity contribution in [2.45, 2.75) is 25.8 Å². The predicted octanol–water partition coefficient (Wildman–Crippen LogP) is 3.28. The van der Waals surface area contributed by atoms with Gasteiger partial charge in [0.05, 0.1) is 13.2 Å². The van der Waals surface area contributed by atoms with Crippen LogP contribution in [0.25, 0.3) is 0 Å². The number of rotatable bonds is 4. The van der Waals surface area contributed by atoms with E-state index >= 15 is 0 Å². The third kappa shape index (κ3) is 3.98. The summed E-state index contributed by atoms with van der Waals surface area (Å²) in [6, 6.07) is 11.4. The maximum Gasteiger partial charge on any atom is 0.0594 e. The molecule has 17 heavy (non-hydrogen) atoms. The number of halogens is 1. The van der Waals surface area contributed by atoms with Gasteiger partial charge in [-0.15, -0.1) is 12.4 Å². The van der Waals surface area contributed by atoms with Crippen molar-refractivity contribution in [3.63, 3.8) is 0 Å². The van der Waals surface area contributed by atoms with Gasteiger partial charge in [-0.25, -0.2) is 0 Å². The molecule has 1 aromatic rings. The summed E-state index contributed by atoms with van der Waals surface area (Å²) in [6.45, 7) is 6.16. The molecule has 0 saturated carbocycles. The molecule has 1 unspecified atom stereocenters. The largest absolute Gasteiger partial charge is 0.379 e. The van der Waals surface area contributed by atoms with Crippen LogP contribution in [0.1, 0.15) is 31.4 Å². The third-order valence-electron chi connectivity index (χ3n) is 3.23. The van der Waals surface area contributed by atoms with Crippen molar-refractivity contribution in [1.29, 1.82) is 0 Å². The van der Waals surface area contributed by atoms with Crippen molar-refractivity contribution >= 4 is 12.4 Å². The van der Waals surface area contributed by atoms with Crippen molar-refractivity contribution in [1.82, 2.24) is 4.90 Å². The van der Waals surface area contributed by atoms with Gasteiger partial charge in [0.1, 0.15) is 0 Å². The summed E-state index contributed by atoms with van der Waals surface area (Å²) in [6.07, 6.45) is 2.47. The Morgan fingerprint density at radius 3 is 2.41 bits per heavy atom. The van der Waals surface area contributed by atoms with Gasteiger partial charge in [0.15, 0.2) is 0 Å². The molecule has 3 heteroatoms. The lowest BCUT2D eigenvalue weighted by atomic mass is 10.0. The van der Waals surface area contributed by atoms with E-state index in [9.17, 15) is 0 Å². The fourth-order valence-corrected chi connectivity index (χ4v) is 2.40. The van der Waals surface area contributed by atoms with E-state index in [-0.39, 0.29) is 12.4 Å². The molecule has 1 heterocycles. The van der Waals surface area contributed by atoms with Crippen LogP contribution < -0.4 is 0 Å². The summed E-state index contributed by atoms with van der Waals surface area (Å²) >= 11 is 0. The van der Waals surface area contributed by atoms with Crippen LogP contribution in [0.3, 0.4) is 0 Å². The van der Waals surface area contributed by atoms with Crippen LogP contribution >= 0.6 is 12.4 Å². The molecule has 0 amide bonds. The minimum atomic E-state index is 0. The van der Waals surface area contributed by atoms with E-state index in [2.05, 4.69) is 42.2 Å². The van der Waals surface area contributed by atoms with Gasteiger partial charge in [0.25, 0.3) is 0 Å². The molecular formula is C14H22ClNO. The van der Waals surface area contributed by atoms with Crippen molar-refractivity contribution in [2.75, 3.05) is 26.3 Å². The lowest BCUT2D eigenvalue weighted by molar-refractivity contribution is 0.0140. The van der Waals surface area contributed by atoms with E-state index in [1.54, 1.807) is 0 Å². The highest BCUT2D eigenvalue weighted by molar-refractivity contribution is 5.85. The summed E-state index contributed by atoms with van der Waals surface area (Å²) < 4.78 is 5.42. The zero-order valence-corrected chi connectivity index (χ0v) is 11.3. The van der Waals surface area contributed by atoms with Gasteiger partial charge >= 0.3 is 0 Å². The molecule has 0 radical (unpaired) electrons. The summed E-state index contributed by atoms with van der Waals surface area (Å²) in [5, 5.41) is 0. The maximum atomic E-state index is 5.42. The molecular weight excluding hydrogens is 234 g/mol. The maximum absolute atomic E-state index is 5.42. The summed E-state index contributed by atoms with van der Waals surface area (Å²) in [7, 11) is 0. The fraction of sp³-hybridized carbons (Fsp3) is 0.571. The van der Waals surface area contributed by atoms with Crippen LogP contribution in [0.4, 0.5) is 0 Å². The molecule has 0 aromatic heterocycles. The quantitative estimate of drug-likeness (QED) is 0.819. The molecule has 0 N–H and O–H groups in total. The number of ether oxygens (including phenoxy) is 1. The van der Waals surface area contributed by atoms with E-state index in [1.165, 1.54) is 18.4 Å². The third-order valence-corrected chi connectivity index (χ3v) is 3.23.